The fourth-order valence-corrected chi connectivity index (χ4v) is 2.93. The monoisotopic (exact) mass is 198 g/mol. The molecule has 0 unspecified atom stereocenters. The van der Waals surface area contributed by atoms with Crippen molar-refractivity contribution in [2.75, 3.05) is 7.11 Å². The molecule has 1 N–H and O–H groups in total. The highest BCUT2D eigenvalue weighted by atomic mass is 32.1. The highest BCUT2D eigenvalue weighted by molar-refractivity contribution is 7.14. The zero-order valence-corrected chi connectivity index (χ0v) is 8.11. The minimum absolute atomic E-state index is 0.389. The molecule has 0 spiro atoms. The van der Waals surface area contributed by atoms with E-state index >= 15 is 0 Å². The van der Waals surface area contributed by atoms with E-state index in [-0.39, 0.29) is 0 Å². The normalized spacial score (nSPS) is 14.2. The second kappa shape index (κ2) is 3.03. The van der Waals surface area contributed by atoms with Gasteiger partial charge in [-0.25, -0.2) is 4.79 Å². The molecule has 1 aliphatic rings. The first-order valence-electron chi connectivity index (χ1n) is 4.16. The van der Waals surface area contributed by atoms with Crippen molar-refractivity contribution < 1.29 is 14.6 Å². The van der Waals surface area contributed by atoms with Crippen molar-refractivity contribution >= 4 is 17.3 Å². The number of ether oxygens (including phenoxy) is 1. The van der Waals surface area contributed by atoms with Crippen LogP contribution >= 0.6 is 11.3 Å². The lowest BCUT2D eigenvalue weighted by Gasteiger charge is -1.98. The quantitative estimate of drug-likeness (QED) is 0.790. The van der Waals surface area contributed by atoms with Crippen LogP contribution in [0.3, 0.4) is 0 Å². The van der Waals surface area contributed by atoms with Crippen LogP contribution in [0, 0.1) is 0 Å². The van der Waals surface area contributed by atoms with Gasteiger partial charge in [0.25, 0.3) is 0 Å². The Bertz CT molecular complexity index is 354. The summed E-state index contributed by atoms with van der Waals surface area (Å²) in [5.74, 6) is -0.865. The number of carboxylic acids is 1. The van der Waals surface area contributed by atoms with Gasteiger partial charge in [-0.15, -0.1) is 11.3 Å². The number of hydrogen-bond acceptors (Lipinski definition) is 3. The van der Waals surface area contributed by atoms with Crippen molar-refractivity contribution in [2.24, 2.45) is 0 Å². The largest absolute Gasteiger partial charge is 0.487 e. The molecule has 0 atom stereocenters. The van der Waals surface area contributed by atoms with E-state index in [1.807, 2.05) is 0 Å². The second-order valence-electron chi connectivity index (χ2n) is 3.03. The van der Waals surface area contributed by atoms with Gasteiger partial charge in [0.2, 0.25) is 0 Å². The smallest absolute Gasteiger partial charge is 0.340 e. The maximum atomic E-state index is 10.9. The third kappa shape index (κ3) is 1.21. The standard InChI is InChI=1S/C9H10O3S/c1-12-9-7(8(10)11)5-3-2-4-6(5)13-9/h2-4H2,1H3,(H,10,11). The Hall–Kier alpha value is -1.03. The number of carboxylic acid groups (broad SMARTS) is 1. The molecule has 0 saturated heterocycles. The van der Waals surface area contributed by atoms with E-state index in [0.29, 0.717) is 10.6 Å². The van der Waals surface area contributed by atoms with E-state index in [2.05, 4.69) is 0 Å². The Labute approximate surface area is 80.0 Å². The molecule has 1 aliphatic carbocycles. The number of carbonyl (C=O) groups is 1. The Morgan fingerprint density at radius 3 is 2.92 bits per heavy atom. The molecule has 3 nitrogen and oxygen atoms in total. The van der Waals surface area contributed by atoms with Crippen LogP contribution in [-0.4, -0.2) is 18.2 Å². The van der Waals surface area contributed by atoms with Crippen LogP contribution in [0.25, 0.3) is 0 Å². The molecule has 1 aromatic heterocycles. The van der Waals surface area contributed by atoms with Crippen molar-refractivity contribution in [1.29, 1.82) is 0 Å². The van der Waals surface area contributed by atoms with E-state index in [9.17, 15) is 4.79 Å². The maximum Gasteiger partial charge on any atom is 0.340 e. The third-order valence-electron chi connectivity index (χ3n) is 2.29. The highest BCUT2D eigenvalue weighted by Crippen LogP contribution is 2.40. The molecular formula is C9H10O3S. The van der Waals surface area contributed by atoms with E-state index in [1.54, 1.807) is 0 Å². The van der Waals surface area contributed by atoms with Crippen molar-refractivity contribution in [2.45, 2.75) is 19.3 Å². The van der Waals surface area contributed by atoms with E-state index < -0.39 is 5.97 Å². The Kier molecular flexibility index (Phi) is 2.00. The van der Waals surface area contributed by atoms with Gasteiger partial charge >= 0.3 is 5.97 Å². The second-order valence-corrected chi connectivity index (χ2v) is 4.10. The molecule has 70 valence electrons. The summed E-state index contributed by atoms with van der Waals surface area (Å²) in [5.41, 5.74) is 1.38. The number of methoxy groups -OCH3 is 1. The highest BCUT2D eigenvalue weighted by Gasteiger charge is 2.26. The van der Waals surface area contributed by atoms with Crippen LogP contribution in [0.2, 0.25) is 0 Å². The summed E-state index contributed by atoms with van der Waals surface area (Å²) in [4.78, 5) is 12.1. The van der Waals surface area contributed by atoms with Crippen molar-refractivity contribution in [1.82, 2.24) is 0 Å². The molecule has 4 heteroatoms. The minimum atomic E-state index is -0.865. The van der Waals surface area contributed by atoms with E-state index in [0.717, 1.165) is 24.8 Å². The van der Waals surface area contributed by atoms with Gasteiger partial charge in [-0.05, 0) is 24.8 Å². The molecule has 13 heavy (non-hydrogen) atoms. The zero-order valence-electron chi connectivity index (χ0n) is 7.29. The first kappa shape index (κ1) is 8.56. The fraction of sp³-hybridized carbons (Fsp3) is 0.444. The molecule has 1 heterocycles. The molecule has 0 saturated carbocycles. The number of hydrogen-bond donors (Lipinski definition) is 1. The van der Waals surface area contributed by atoms with Crippen LogP contribution in [0.15, 0.2) is 0 Å². The first-order valence-corrected chi connectivity index (χ1v) is 4.97. The average Bonchev–Trinajstić information content (AvgIpc) is 2.59. The maximum absolute atomic E-state index is 10.9. The molecule has 0 aromatic carbocycles. The summed E-state index contributed by atoms with van der Waals surface area (Å²) in [6.07, 6.45) is 2.96. The van der Waals surface area contributed by atoms with Crippen LogP contribution in [0.1, 0.15) is 27.2 Å². The van der Waals surface area contributed by atoms with Crippen molar-refractivity contribution in [3.63, 3.8) is 0 Å². The van der Waals surface area contributed by atoms with Crippen LogP contribution in [-0.2, 0) is 12.8 Å². The number of thiophene rings is 1. The topological polar surface area (TPSA) is 46.5 Å². The lowest BCUT2D eigenvalue weighted by Crippen LogP contribution is -2.00. The lowest BCUT2D eigenvalue weighted by atomic mass is 10.1. The number of fused-ring (bicyclic) bond motifs is 1. The van der Waals surface area contributed by atoms with Gasteiger partial charge in [-0.2, -0.15) is 0 Å². The molecule has 2 rings (SSSR count). The Morgan fingerprint density at radius 1 is 1.54 bits per heavy atom. The molecule has 0 aliphatic heterocycles. The van der Waals surface area contributed by atoms with Gasteiger partial charge in [-0.1, -0.05) is 0 Å². The van der Waals surface area contributed by atoms with Gasteiger partial charge < -0.3 is 9.84 Å². The van der Waals surface area contributed by atoms with Crippen LogP contribution in [0.5, 0.6) is 5.06 Å². The summed E-state index contributed by atoms with van der Waals surface area (Å²) < 4.78 is 5.04. The van der Waals surface area contributed by atoms with E-state index in [1.165, 1.54) is 23.3 Å². The van der Waals surface area contributed by atoms with Gasteiger partial charge in [0.05, 0.1) is 7.11 Å². The first-order chi connectivity index (χ1) is 6.24. The van der Waals surface area contributed by atoms with Crippen molar-refractivity contribution in [3.8, 4) is 5.06 Å². The lowest BCUT2D eigenvalue weighted by molar-refractivity contribution is 0.0693. The molecule has 1 aromatic rings. The fourth-order valence-electron chi connectivity index (χ4n) is 1.74. The predicted molar refractivity (Wildman–Crippen MR) is 49.9 cm³/mol. The van der Waals surface area contributed by atoms with Crippen LogP contribution < -0.4 is 4.74 Å². The van der Waals surface area contributed by atoms with Crippen LogP contribution in [0.4, 0.5) is 0 Å². The molecule has 0 amide bonds. The number of aryl methyl sites for hydroxylation is 1. The Morgan fingerprint density at radius 2 is 2.31 bits per heavy atom. The van der Waals surface area contributed by atoms with E-state index in [4.69, 9.17) is 9.84 Å². The summed E-state index contributed by atoms with van der Waals surface area (Å²) in [7, 11) is 1.52. The molecule has 0 fully saturated rings. The predicted octanol–water partition coefficient (Wildman–Crippen LogP) is 1.94. The van der Waals surface area contributed by atoms with Gasteiger partial charge in [0, 0.05) is 4.88 Å². The number of aromatic carboxylic acids is 1. The summed E-state index contributed by atoms with van der Waals surface area (Å²) in [6, 6.07) is 0. The average molecular weight is 198 g/mol. The summed E-state index contributed by atoms with van der Waals surface area (Å²) in [6.45, 7) is 0. The minimum Gasteiger partial charge on any atom is -0.487 e. The number of rotatable bonds is 2. The summed E-state index contributed by atoms with van der Waals surface area (Å²) >= 11 is 1.47. The Balaban J connectivity index is 2.55. The zero-order chi connectivity index (χ0) is 9.42. The summed E-state index contributed by atoms with van der Waals surface area (Å²) in [5, 5.41) is 9.53. The molecular weight excluding hydrogens is 188 g/mol. The third-order valence-corrected chi connectivity index (χ3v) is 3.54. The van der Waals surface area contributed by atoms with Crippen molar-refractivity contribution in [3.05, 3.63) is 16.0 Å². The van der Waals surface area contributed by atoms with Gasteiger partial charge in [-0.3, -0.25) is 0 Å². The molecule has 0 radical (unpaired) electrons. The van der Waals surface area contributed by atoms with Gasteiger partial charge in [0.15, 0.2) is 5.06 Å². The molecule has 0 bridgehead atoms. The van der Waals surface area contributed by atoms with Gasteiger partial charge in [0.1, 0.15) is 5.56 Å². The SMILES string of the molecule is COc1sc2c(c1C(=O)O)CCC2.